The van der Waals surface area contributed by atoms with Crippen LogP contribution in [0.5, 0.6) is 0 Å². The number of hydrogen-bond acceptors (Lipinski definition) is 4. The minimum atomic E-state index is -0.0965. The summed E-state index contributed by atoms with van der Waals surface area (Å²) in [4.78, 5) is 19.4. The van der Waals surface area contributed by atoms with Crippen molar-refractivity contribution in [2.75, 3.05) is 13.1 Å². The second-order valence-electron chi connectivity index (χ2n) is 7.42. The van der Waals surface area contributed by atoms with Crippen LogP contribution in [-0.4, -0.2) is 44.7 Å². The van der Waals surface area contributed by atoms with Gasteiger partial charge in [-0.3, -0.25) is 4.79 Å². The molecule has 6 nitrogen and oxygen atoms in total. The molecule has 2 N–H and O–H groups in total. The second-order valence-corrected chi connectivity index (χ2v) is 7.83. The SMILES string of the molecule is CC(N)C1CCN(C(=O)c2nc(C3CC3)n(-c3ccccc3Cl)n2)CC1.Cl. The van der Waals surface area contributed by atoms with Crippen molar-refractivity contribution in [1.82, 2.24) is 19.7 Å². The largest absolute Gasteiger partial charge is 0.336 e. The topological polar surface area (TPSA) is 77.0 Å². The predicted octanol–water partition coefficient (Wildman–Crippen LogP) is 3.42. The third-order valence-electron chi connectivity index (χ3n) is 5.42. The van der Waals surface area contributed by atoms with Gasteiger partial charge in [0, 0.05) is 25.0 Å². The van der Waals surface area contributed by atoms with Crippen molar-refractivity contribution in [1.29, 1.82) is 0 Å². The van der Waals surface area contributed by atoms with Crippen LogP contribution in [0.1, 0.15) is 55.0 Å². The summed E-state index contributed by atoms with van der Waals surface area (Å²) in [6.45, 7) is 3.46. The zero-order chi connectivity index (χ0) is 18.3. The van der Waals surface area contributed by atoms with Gasteiger partial charge in [0.15, 0.2) is 0 Å². The smallest absolute Gasteiger partial charge is 0.293 e. The standard InChI is InChI=1S/C19H24ClN5O.ClH/c1-12(21)13-8-10-24(11-9-13)19(26)17-22-18(14-6-7-14)25(23-17)16-5-3-2-4-15(16)20;/h2-5,12-14H,6-11,21H2,1H3;1H. The van der Waals surface area contributed by atoms with Crippen molar-refractivity contribution < 1.29 is 4.79 Å². The highest BCUT2D eigenvalue weighted by molar-refractivity contribution is 6.32. The molecule has 1 aliphatic heterocycles. The number of nitrogens with two attached hydrogens (primary N) is 1. The summed E-state index contributed by atoms with van der Waals surface area (Å²) in [5, 5.41) is 5.14. The van der Waals surface area contributed by atoms with Crippen LogP contribution in [0.25, 0.3) is 5.69 Å². The van der Waals surface area contributed by atoms with Gasteiger partial charge in [-0.2, -0.15) is 0 Å². The van der Waals surface area contributed by atoms with E-state index in [2.05, 4.69) is 10.1 Å². The lowest BCUT2D eigenvalue weighted by atomic mass is 9.91. The average molecular weight is 410 g/mol. The highest BCUT2D eigenvalue weighted by Crippen LogP contribution is 2.40. The van der Waals surface area contributed by atoms with Gasteiger partial charge in [-0.25, -0.2) is 9.67 Å². The van der Waals surface area contributed by atoms with Gasteiger partial charge in [0.25, 0.3) is 5.91 Å². The number of carbonyl (C=O) groups is 1. The summed E-state index contributed by atoms with van der Waals surface area (Å²) < 4.78 is 1.75. The van der Waals surface area contributed by atoms with E-state index in [9.17, 15) is 4.79 Å². The maximum atomic E-state index is 12.9. The molecule has 2 aromatic rings. The molecule has 1 saturated heterocycles. The molecule has 4 rings (SSSR count). The van der Waals surface area contributed by atoms with E-state index in [0.29, 0.717) is 29.9 Å². The Morgan fingerprint density at radius 3 is 2.48 bits per heavy atom. The molecule has 1 aromatic heterocycles. The lowest BCUT2D eigenvalue weighted by Crippen LogP contribution is -2.42. The molecule has 0 bridgehead atoms. The zero-order valence-electron chi connectivity index (χ0n) is 15.3. The monoisotopic (exact) mass is 409 g/mol. The molecule has 1 amide bonds. The Hall–Kier alpha value is -1.63. The van der Waals surface area contributed by atoms with E-state index in [4.69, 9.17) is 17.3 Å². The number of halogens is 2. The van der Waals surface area contributed by atoms with Gasteiger partial charge in [-0.05, 0) is 50.7 Å². The van der Waals surface area contributed by atoms with Crippen LogP contribution < -0.4 is 5.73 Å². The summed E-state index contributed by atoms with van der Waals surface area (Å²) in [6.07, 6.45) is 4.03. The number of aromatic nitrogens is 3. The minimum Gasteiger partial charge on any atom is -0.336 e. The van der Waals surface area contributed by atoms with Crippen molar-refractivity contribution >= 4 is 29.9 Å². The summed E-state index contributed by atoms with van der Waals surface area (Å²) in [5.74, 6) is 1.86. The molecule has 2 heterocycles. The number of nitrogens with zero attached hydrogens (tertiary/aromatic N) is 4. The van der Waals surface area contributed by atoms with Crippen LogP contribution in [0.3, 0.4) is 0 Å². The third kappa shape index (κ3) is 4.13. The van der Waals surface area contributed by atoms with Gasteiger partial charge in [0.05, 0.1) is 10.7 Å². The predicted molar refractivity (Wildman–Crippen MR) is 108 cm³/mol. The van der Waals surface area contributed by atoms with Crippen LogP contribution in [0.2, 0.25) is 5.02 Å². The number of benzene rings is 1. The van der Waals surface area contributed by atoms with Crippen molar-refractivity contribution in [2.45, 2.75) is 44.6 Å². The molecule has 8 heteroatoms. The Labute approximate surface area is 170 Å². The van der Waals surface area contributed by atoms with Crippen molar-refractivity contribution in [3.05, 3.63) is 40.9 Å². The number of rotatable bonds is 4. The Morgan fingerprint density at radius 2 is 1.89 bits per heavy atom. The molecule has 1 saturated carbocycles. The van der Waals surface area contributed by atoms with Gasteiger partial charge in [-0.15, -0.1) is 17.5 Å². The van der Waals surface area contributed by atoms with E-state index in [1.54, 1.807) is 4.68 Å². The Kier molecular flexibility index (Phi) is 6.08. The molecule has 1 aliphatic carbocycles. The maximum Gasteiger partial charge on any atom is 0.293 e. The first-order valence-electron chi connectivity index (χ1n) is 9.31. The average Bonchev–Trinajstić information content (AvgIpc) is 3.40. The highest BCUT2D eigenvalue weighted by atomic mass is 35.5. The van der Waals surface area contributed by atoms with Crippen molar-refractivity contribution in [3.8, 4) is 5.69 Å². The first kappa shape index (κ1) is 20.1. The molecule has 27 heavy (non-hydrogen) atoms. The number of para-hydroxylation sites is 1. The lowest BCUT2D eigenvalue weighted by Gasteiger charge is -2.33. The second kappa shape index (κ2) is 8.17. The molecular weight excluding hydrogens is 385 g/mol. The van der Waals surface area contributed by atoms with E-state index in [1.165, 1.54) is 0 Å². The zero-order valence-corrected chi connectivity index (χ0v) is 16.9. The van der Waals surface area contributed by atoms with E-state index in [-0.39, 0.29) is 30.2 Å². The fraction of sp³-hybridized carbons (Fsp3) is 0.526. The molecule has 0 radical (unpaired) electrons. The van der Waals surface area contributed by atoms with E-state index >= 15 is 0 Å². The number of likely N-dealkylation sites (tertiary alicyclic amines) is 1. The molecule has 1 atom stereocenters. The number of piperidine rings is 1. The van der Waals surface area contributed by atoms with E-state index in [1.807, 2.05) is 36.1 Å². The van der Waals surface area contributed by atoms with Crippen molar-refractivity contribution in [3.63, 3.8) is 0 Å². The molecule has 1 unspecified atom stereocenters. The lowest BCUT2D eigenvalue weighted by molar-refractivity contribution is 0.0668. The van der Waals surface area contributed by atoms with Crippen LogP contribution in [-0.2, 0) is 0 Å². The summed E-state index contributed by atoms with van der Waals surface area (Å²) in [7, 11) is 0. The number of hydrogen-bond donors (Lipinski definition) is 1. The minimum absolute atomic E-state index is 0. The van der Waals surface area contributed by atoms with E-state index < -0.39 is 0 Å². The van der Waals surface area contributed by atoms with Crippen LogP contribution >= 0.6 is 24.0 Å². The fourth-order valence-corrected chi connectivity index (χ4v) is 3.81. The molecule has 2 fully saturated rings. The van der Waals surface area contributed by atoms with Crippen molar-refractivity contribution in [2.24, 2.45) is 11.7 Å². The Bertz CT molecular complexity index is 810. The Balaban J connectivity index is 0.00000210. The molecule has 2 aliphatic rings. The van der Waals surface area contributed by atoms with Gasteiger partial charge in [0.1, 0.15) is 5.82 Å². The Morgan fingerprint density at radius 1 is 1.22 bits per heavy atom. The quantitative estimate of drug-likeness (QED) is 0.838. The maximum absolute atomic E-state index is 12.9. The molecule has 146 valence electrons. The van der Waals surface area contributed by atoms with E-state index in [0.717, 1.165) is 37.2 Å². The normalized spacial score (nSPS) is 18.9. The molecular formula is C19H25Cl2N5O. The number of carbonyl (C=O) groups excluding carboxylic acids is 1. The number of amides is 1. The first-order chi connectivity index (χ1) is 12.5. The van der Waals surface area contributed by atoms with Crippen LogP contribution in [0, 0.1) is 5.92 Å². The van der Waals surface area contributed by atoms with Crippen LogP contribution in [0.4, 0.5) is 0 Å². The first-order valence-corrected chi connectivity index (χ1v) is 9.69. The molecule has 0 spiro atoms. The van der Waals surface area contributed by atoms with Gasteiger partial charge in [0.2, 0.25) is 5.82 Å². The molecule has 1 aromatic carbocycles. The van der Waals surface area contributed by atoms with Gasteiger partial charge >= 0.3 is 0 Å². The van der Waals surface area contributed by atoms with Gasteiger partial charge in [-0.1, -0.05) is 23.7 Å². The van der Waals surface area contributed by atoms with Gasteiger partial charge < -0.3 is 10.6 Å². The third-order valence-corrected chi connectivity index (χ3v) is 5.74. The summed E-state index contributed by atoms with van der Waals surface area (Å²) >= 11 is 6.34. The fourth-order valence-electron chi connectivity index (χ4n) is 3.59. The summed E-state index contributed by atoms with van der Waals surface area (Å²) in [6, 6.07) is 7.71. The highest BCUT2D eigenvalue weighted by Gasteiger charge is 2.34. The van der Waals surface area contributed by atoms with Crippen LogP contribution in [0.15, 0.2) is 24.3 Å². The summed E-state index contributed by atoms with van der Waals surface area (Å²) in [5.41, 5.74) is 6.77.